The van der Waals surface area contributed by atoms with Crippen LogP contribution in [0.4, 0.5) is 0 Å². The molecule has 108 valence electrons. The number of aliphatic hydroxyl groups is 1. The number of rotatable bonds is 6. The van der Waals surface area contributed by atoms with Crippen LogP contribution >= 0.6 is 0 Å². The summed E-state index contributed by atoms with van der Waals surface area (Å²) in [6.07, 6.45) is 2.71. The van der Waals surface area contributed by atoms with Crippen molar-refractivity contribution in [2.45, 2.75) is 6.10 Å². The molecule has 0 aliphatic rings. The Labute approximate surface area is 118 Å². The van der Waals surface area contributed by atoms with E-state index in [0.29, 0.717) is 11.0 Å². The summed E-state index contributed by atoms with van der Waals surface area (Å²) in [6.45, 7) is 0.798. The van der Waals surface area contributed by atoms with Crippen LogP contribution in [0.3, 0.4) is 0 Å². The first-order valence-corrected chi connectivity index (χ1v) is 6.56. The average molecular weight is 277 g/mol. The van der Waals surface area contributed by atoms with E-state index in [2.05, 4.69) is 5.16 Å². The zero-order valence-electron chi connectivity index (χ0n) is 12.1. The van der Waals surface area contributed by atoms with Crippen LogP contribution in [0.15, 0.2) is 40.1 Å². The minimum Gasteiger partial charge on any atom is -0.464 e. The lowest BCUT2D eigenvalue weighted by Crippen LogP contribution is -2.42. The monoisotopic (exact) mass is 277 g/mol. The van der Waals surface area contributed by atoms with Gasteiger partial charge in [-0.15, -0.1) is 0 Å². The Bertz CT molecular complexity index is 584. The fourth-order valence-corrected chi connectivity index (χ4v) is 2.01. The SMILES string of the molecule is C[N+](C)(C)CC(O)CO/N=C/c1coc2ccccc12. The number of aliphatic hydroxyl groups excluding tert-OH is 1. The molecular weight excluding hydrogens is 256 g/mol. The Morgan fingerprint density at radius 3 is 2.85 bits per heavy atom. The van der Waals surface area contributed by atoms with Crippen molar-refractivity contribution in [2.24, 2.45) is 5.16 Å². The maximum atomic E-state index is 9.78. The Kier molecular flexibility index (Phi) is 4.42. The van der Waals surface area contributed by atoms with E-state index in [4.69, 9.17) is 9.25 Å². The van der Waals surface area contributed by atoms with E-state index >= 15 is 0 Å². The molecule has 5 nitrogen and oxygen atoms in total. The highest BCUT2D eigenvalue weighted by molar-refractivity contribution is 5.97. The zero-order chi connectivity index (χ0) is 14.6. The molecule has 1 unspecified atom stereocenters. The lowest BCUT2D eigenvalue weighted by Gasteiger charge is -2.26. The normalized spacial score (nSPS) is 14.0. The number of likely N-dealkylation sites (N-methyl/N-ethyl adjacent to an activating group) is 1. The molecule has 0 spiro atoms. The van der Waals surface area contributed by atoms with Crippen molar-refractivity contribution in [2.75, 3.05) is 34.3 Å². The number of furan rings is 1. The molecule has 2 rings (SSSR count). The number of oxime groups is 1. The number of hydrogen-bond donors (Lipinski definition) is 1. The number of nitrogens with zero attached hydrogens (tertiary/aromatic N) is 2. The number of hydrogen-bond acceptors (Lipinski definition) is 4. The summed E-state index contributed by atoms with van der Waals surface area (Å²) >= 11 is 0. The van der Waals surface area contributed by atoms with Crippen molar-refractivity contribution in [1.29, 1.82) is 0 Å². The summed E-state index contributed by atoms with van der Waals surface area (Å²) in [7, 11) is 6.05. The predicted octanol–water partition coefficient (Wildman–Crippen LogP) is 1.85. The van der Waals surface area contributed by atoms with E-state index in [9.17, 15) is 5.11 Å². The third-order valence-electron chi connectivity index (χ3n) is 2.80. The summed E-state index contributed by atoms with van der Waals surface area (Å²) in [5, 5.41) is 14.7. The van der Waals surface area contributed by atoms with Gasteiger partial charge in [-0.05, 0) is 6.07 Å². The van der Waals surface area contributed by atoms with Crippen LogP contribution in [-0.4, -0.2) is 56.2 Å². The first-order chi connectivity index (χ1) is 9.46. The van der Waals surface area contributed by atoms with E-state index in [1.807, 2.05) is 45.4 Å². The molecule has 0 radical (unpaired) electrons. The summed E-state index contributed by atoms with van der Waals surface area (Å²) < 4.78 is 6.08. The maximum absolute atomic E-state index is 9.78. The largest absolute Gasteiger partial charge is 0.464 e. The molecule has 1 atom stereocenters. The molecule has 0 saturated carbocycles. The summed E-state index contributed by atoms with van der Waals surface area (Å²) in [4.78, 5) is 5.13. The minimum atomic E-state index is -0.534. The fraction of sp³-hybridized carbons (Fsp3) is 0.400. The second-order valence-corrected chi connectivity index (χ2v) is 5.84. The number of quaternary nitrogens is 1. The molecule has 2 aromatic rings. The molecule has 1 N–H and O–H groups in total. The predicted molar refractivity (Wildman–Crippen MR) is 78.7 cm³/mol. The van der Waals surface area contributed by atoms with Crippen LogP contribution in [0, 0.1) is 0 Å². The second kappa shape index (κ2) is 6.07. The van der Waals surface area contributed by atoms with Gasteiger partial charge in [0.05, 0.1) is 27.4 Å². The summed E-state index contributed by atoms with van der Waals surface area (Å²) in [6, 6.07) is 7.73. The smallest absolute Gasteiger partial charge is 0.148 e. The van der Waals surface area contributed by atoms with Crippen LogP contribution in [0.5, 0.6) is 0 Å². The first-order valence-electron chi connectivity index (χ1n) is 6.56. The van der Waals surface area contributed by atoms with Crippen molar-refractivity contribution in [1.82, 2.24) is 0 Å². The summed E-state index contributed by atoms with van der Waals surface area (Å²) in [5.74, 6) is 0. The Balaban J connectivity index is 1.88. The van der Waals surface area contributed by atoms with E-state index in [1.54, 1.807) is 12.5 Å². The third-order valence-corrected chi connectivity index (χ3v) is 2.80. The van der Waals surface area contributed by atoms with Gasteiger partial charge in [-0.2, -0.15) is 0 Å². The third kappa shape index (κ3) is 4.08. The highest BCUT2D eigenvalue weighted by atomic mass is 16.6. The van der Waals surface area contributed by atoms with Gasteiger partial charge in [0.15, 0.2) is 0 Å². The molecule has 1 aromatic heterocycles. The van der Waals surface area contributed by atoms with E-state index < -0.39 is 6.10 Å². The molecule has 1 heterocycles. The van der Waals surface area contributed by atoms with Gasteiger partial charge in [0, 0.05) is 10.9 Å². The zero-order valence-corrected chi connectivity index (χ0v) is 12.1. The van der Waals surface area contributed by atoms with Gasteiger partial charge < -0.3 is 18.8 Å². The van der Waals surface area contributed by atoms with Gasteiger partial charge in [0.25, 0.3) is 0 Å². The molecule has 5 heteroatoms. The van der Waals surface area contributed by atoms with Gasteiger partial charge in [0.2, 0.25) is 0 Å². The van der Waals surface area contributed by atoms with E-state index in [-0.39, 0.29) is 6.61 Å². The van der Waals surface area contributed by atoms with Crippen molar-refractivity contribution >= 4 is 17.2 Å². The van der Waals surface area contributed by atoms with Crippen molar-refractivity contribution in [3.8, 4) is 0 Å². The van der Waals surface area contributed by atoms with Crippen LogP contribution in [0.2, 0.25) is 0 Å². The molecule has 0 bridgehead atoms. The topological polar surface area (TPSA) is 55.0 Å². The van der Waals surface area contributed by atoms with Crippen molar-refractivity contribution < 1.29 is 18.8 Å². The molecule has 0 fully saturated rings. The highest BCUT2D eigenvalue weighted by Crippen LogP contribution is 2.18. The summed E-state index contributed by atoms with van der Waals surface area (Å²) in [5.41, 5.74) is 1.68. The Morgan fingerprint density at radius 2 is 2.10 bits per heavy atom. The van der Waals surface area contributed by atoms with Gasteiger partial charge in [-0.1, -0.05) is 23.4 Å². The molecule has 0 aliphatic heterocycles. The van der Waals surface area contributed by atoms with Gasteiger partial charge >= 0.3 is 0 Å². The second-order valence-electron chi connectivity index (χ2n) is 5.84. The molecule has 0 amide bonds. The van der Waals surface area contributed by atoms with Gasteiger partial charge in [-0.25, -0.2) is 0 Å². The van der Waals surface area contributed by atoms with Gasteiger partial charge in [-0.3, -0.25) is 0 Å². The average Bonchev–Trinajstić information content (AvgIpc) is 2.76. The van der Waals surface area contributed by atoms with E-state index in [0.717, 1.165) is 16.5 Å². The standard InChI is InChI=1S/C15H21N2O3/c1-17(2,3)9-13(18)11-20-16-8-12-10-19-15-7-5-4-6-14(12)15/h4-8,10,13,18H,9,11H2,1-3H3/q+1/b16-8+. The fourth-order valence-electron chi connectivity index (χ4n) is 2.01. The van der Waals surface area contributed by atoms with Crippen LogP contribution in [-0.2, 0) is 4.84 Å². The van der Waals surface area contributed by atoms with Crippen molar-refractivity contribution in [3.05, 3.63) is 36.1 Å². The van der Waals surface area contributed by atoms with Crippen LogP contribution < -0.4 is 0 Å². The molecule has 0 aliphatic carbocycles. The van der Waals surface area contributed by atoms with E-state index in [1.165, 1.54) is 0 Å². The Morgan fingerprint density at radius 1 is 1.35 bits per heavy atom. The molecule has 20 heavy (non-hydrogen) atoms. The lowest BCUT2D eigenvalue weighted by atomic mass is 10.2. The van der Waals surface area contributed by atoms with Crippen LogP contribution in [0.25, 0.3) is 11.0 Å². The lowest BCUT2D eigenvalue weighted by molar-refractivity contribution is -0.873. The van der Waals surface area contributed by atoms with Gasteiger partial charge in [0.1, 0.15) is 31.1 Å². The van der Waals surface area contributed by atoms with Crippen LogP contribution in [0.1, 0.15) is 5.56 Å². The number of para-hydroxylation sites is 1. The molecular formula is C15H21N2O3+. The minimum absolute atomic E-state index is 0.182. The quantitative estimate of drug-likeness (QED) is 0.498. The van der Waals surface area contributed by atoms with Crippen molar-refractivity contribution in [3.63, 3.8) is 0 Å². The Hall–Kier alpha value is -1.85. The molecule has 1 aromatic carbocycles. The highest BCUT2D eigenvalue weighted by Gasteiger charge is 2.15. The number of benzene rings is 1. The molecule has 0 saturated heterocycles. The number of fused-ring (bicyclic) bond motifs is 1. The maximum Gasteiger partial charge on any atom is 0.148 e. The first kappa shape index (κ1) is 14.6.